The zero-order chi connectivity index (χ0) is 13.9. The van der Waals surface area contributed by atoms with Crippen molar-refractivity contribution in [3.63, 3.8) is 0 Å². The monoisotopic (exact) mass is 280 g/mol. The van der Waals surface area contributed by atoms with Crippen molar-refractivity contribution in [3.05, 3.63) is 21.9 Å². The molecule has 0 saturated carbocycles. The normalized spacial score (nSPS) is 15.4. The van der Waals surface area contributed by atoms with Gasteiger partial charge in [0.1, 0.15) is 0 Å². The van der Waals surface area contributed by atoms with Gasteiger partial charge in [0.05, 0.1) is 6.54 Å². The Hall–Kier alpha value is -0.870. The molecule has 0 fully saturated rings. The highest BCUT2D eigenvalue weighted by atomic mass is 32.1. The van der Waals surface area contributed by atoms with Crippen LogP contribution in [0.3, 0.4) is 0 Å². The van der Waals surface area contributed by atoms with Gasteiger partial charge in [-0.05, 0) is 41.8 Å². The van der Waals surface area contributed by atoms with Crippen LogP contribution in [0.1, 0.15) is 37.6 Å². The predicted molar refractivity (Wildman–Crippen MR) is 80.4 cm³/mol. The van der Waals surface area contributed by atoms with Gasteiger partial charge in [-0.25, -0.2) is 0 Å². The Morgan fingerprint density at radius 2 is 2.26 bits per heavy atom. The Morgan fingerprint density at radius 3 is 3.00 bits per heavy atom. The van der Waals surface area contributed by atoms with E-state index in [0.717, 1.165) is 32.5 Å². The molecule has 3 nitrogen and oxygen atoms in total. The van der Waals surface area contributed by atoms with E-state index in [1.54, 1.807) is 0 Å². The van der Waals surface area contributed by atoms with Crippen LogP contribution in [0.15, 0.2) is 11.4 Å². The second-order valence-corrected chi connectivity index (χ2v) is 7.42. The van der Waals surface area contributed by atoms with Gasteiger partial charge in [0.15, 0.2) is 0 Å². The molecule has 2 rings (SSSR count). The zero-order valence-corrected chi connectivity index (χ0v) is 13.0. The molecule has 1 aromatic heterocycles. The Labute approximate surface area is 120 Å². The lowest BCUT2D eigenvalue weighted by Gasteiger charge is -2.27. The molecule has 0 unspecified atom stereocenters. The minimum absolute atomic E-state index is 0.228. The molecule has 0 aliphatic carbocycles. The number of nitrogens with zero attached hydrogens (tertiary/aromatic N) is 1. The highest BCUT2D eigenvalue weighted by Crippen LogP contribution is 2.23. The smallest absolute Gasteiger partial charge is 0.236 e. The molecule has 1 amide bonds. The number of carbonyl (C=O) groups excluding carboxylic acids is 1. The molecular formula is C15H24N2OS. The molecule has 0 aromatic carbocycles. The van der Waals surface area contributed by atoms with Gasteiger partial charge < -0.3 is 10.2 Å². The maximum Gasteiger partial charge on any atom is 0.236 e. The first-order valence-electron chi connectivity index (χ1n) is 6.99. The van der Waals surface area contributed by atoms with E-state index < -0.39 is 0 Å². The van der Waals surface area contributed by atoms with E-state index in [1.165, 1.54) is 10.4 Å². The summed E-state index contributed by atoms with van der Waals surface area (Å²) in [5.41, 5.74) is 1.66. The molecule has 1 aromatic rings. The molecule has 19 heavy (non-hydrogen) atoms. The van der Waals surface area contributed by atoms with Crippen LogP contribution < -0.4 is 5.32 Å². The van der Waals surface area contributed by atoms with Gasteiger partial charge in [0, 0.05) is 18.0 Å². The summed E-state index contributed by atoms with van der Waals surface area (Å²) in [6.07, 6.45) is 2.11. The Morgan fingerprint density at radius 1 is 1.47 bits per heavy atom. The van der Waals surface area contributed by atoms with Gasteiger partial charge in [0.2, 0.25) is 5.91 Å². The molecule has 0 atom stereocenters. The molecule has 4 heteroatoms. The molecule has 1 aliphatic heterocycles. The van der Waals surface area contributed by atoms with Crippen LogP contribution in [0.4, 0.5) is 0 Å². The van der Waals surface area contributed by atoms with Crippen LogP contribution in [-0.2, 0) is 17.8 Å². The van der Waals surface area contributed by atoms with Crippen molar-refractivity contribution in [2.45, 2.75) is 40.2 Å². The van der Waals surface area contributed by atoms with Crippen molar-refractivity contribution in [2.75, 3.05) is 19.6 Å². The van der Waals surface area contributed by atoms with Crippen molar-refractivity contribution >= 4 is 17.2 Å². The number of thiophene rings is 1. The number of hydrogen-bond donors (Lipinski definition) is 1. The predicted octanol–water partition coefficient (Wildman–Crippen LogP) is 2.66. The lowest BCUT2D eigenvalue weighted by atomic mass is 9.92. The van der Waals surface area contributed by atoms with Crippen molar-refractivity contribution in [3.8, 4) is 0 Å². The van der Waals surface area contributed by atoms with E-state index in [-0.39, 0.29) is 5.91 Å². The standard InChI is InChI=1S/C15H24N2OS/c1-15(2,3)6-7-16-10-14(18)17-8-4-13-12(11-17)5-9-19-13/h5,9,16H,4,6-8,10-11H2,1-3H3. The van der Waals surface area contributed by atoms with Crippen molar-refractivity contribution in [2.24, 2.45) is 5.41 Å². The molecule has 0 radical (unpaired) electrons. The quantitative estimate of drug-likeness (QED) is 0.860. The third-order valence-electron chi connectivity index (χ3n) is 3.49. The van der Waals surface area contributed by atoms with Gasteiger partial charge in [-0.15, -0.1) is 11.3 Å². The van der Waals surface area contributed by atoms with Crippen LogP contribution in [-0.4, -0.2) is 30.4 Å². The third-order valence-corrected chi connectivity index (χ3v) is 4.51. The fourth-order valence-electron chi connectivity index (χ4n) is 2.23. The van der Waals surface area contributed by atoms with Gasteiger partial charge in [-0.1, -0.05) is 20.8 Å². The first kappa shape index (κ1) is 14.5. The maximum atomic E-state index is 12.1. The van der Waals surface area contributed by atoms with Crippen molar-refractivity contribution < 1.29 is 4.79 Å². The molecule has 1 aliphatic rings. The number of hydrogen-bond acceptors (Lipinski definition) is 3. The van der Waals surface area contributed by atoms with E-state index >= 15 is 0 Å². The average molecular weight is 280 g/mol. The van der Waals surface area contributed by atoms with Crippen molar-refractivity contribution in [1.29, 1.82) is 0 Å². The van der Waals surface area contributed by atoms with E-state index in [2.05, 4.69) is 37.5 Å². The first-order chi connectivity index (χ1) is 8.96. The number of carbonyl (C=O) groups is 1. The Bertz CT molecular complexity index is 434. The van der Waals surface area contributed by atoms with E-state index in [1.807, 2.05) is 16.2 Å². The summed E-state index contributed by atoms with van der Waals surface area (Å²) in [5, 5.41) is 5.39. The summed E-state index contributed by atoms with van der Waals surface area (Å²) in [5.74, 6) is 0.228. The lowest BCUT2D eigenvalue weighted by Crippen LogP contribution is -2.41. The summed E-state index contributed by atoms with van der Waals surface area (Å²) in [7, 11) is 0. The topological polar surface area (TPSA) is 32.3 Å². The van der Waals surface area contributed by atoms with E-state index in [9.17, 15) is 4.79 Å². The summed E-state index contributed by atoms with van der Waals surface area (Å²) >= 11 is 1.81. The number of nitrogens with one attached hydrogen (secondary N) is 1. The molecule has 0 saturated heterocycles. The minimum atomic E-state index is 0.228. The highest BCUT2D eigenvalue weighted by molar-refractivity contribution is 7.10. The zero-order valence-electron chi connectivity index (χ0n) is 12.2. The fraction of sp³-hybridized carbons (Fsp3) is 0.667. The average Bonchev–Trinajstić information content (AvgIpc) is 2.80. The first-order valence-corrected chi connectivity index (χ1v) is 7.87. The van der Waals surface area contributed by atoms with Crippen LogP contribution in [0, 0.1) is 5.41 Å². The van der Waals surface area contributed by atoms with Crippen molar-refractivity contribution in [1.82, 2.24) is 10.2 Å². The van der Waals surface area contributed by atoms with Gasteiger partial charge in [-0.2, -0.15) is 0 Å². The van der Waals surface area contributed by atoms with Gasteiger partial charge in [0.25, 0.3) is 0 Å². The van der Waals surface area contributed by atoms with Crippen LogP contribution in [0.25, 0.3) is 0 Å². The summed E-state index contributed by atoms with van der Waals surface area (Å²) in [4.78, 5) is 15.5. The van der Waals surface area contributed by atoms with Crippen LogP contribution >= 0.6 is 11.3 Å². The highest BCUT2D eigenvalue weighted by Gasteiger charge is 2.21. The molecule has 0 spiro atoms. The Balaban J connectivity index is 1.73. The van der Waals surface area contributed by atoms with Gasteiger partial charge in [-0.3, -0.25) is 4.79 Å². The minimum Gasteiger partial charge on any atom is -0.337 e. The number of amides is 1. The van der Waals surface area contributed by atoms with E-state index in [4.69, 9.17) is 0 Å². The summed E-state index contributed by atoms with van der Waals surface area (Å²) < 4.78 is 0. The molecule has 0 bridgehead atoms. The Kier molecular flexibility index (Phi) is 4.63. The second-order valence-electron chi connectivity index (χ2n) is 6.42. The summed E-state index contributed by atoms with van der Waals surface area (Å²) in [6, 6.07) is 2.15. The largest absolute Gasteiger partial charge is 0.337 e. The number of fused-ring (bicyclic) bond motifs is 1. The SMILES string of the molecule is CC(C)(C)CCNCC(=O)N1CCc2sccc2C1. The van der Waals surface area contributed by atoms with Crippen LogP contribution in [0.5, 0.6) is 0 Å². The third kappa shape index (κ3) is 4.32. The molecule has 106 valence electrons. The molecular weight excluding hydrogens is 256 g/mol. The summed E-state index contributed by atoms with van der Waals surface area (Å²) in [6.45, 7) is 9.70. The lowest BCUT2D eigenvalue weighted by molar-refractivity contribution is -0.131. The number of rotatable bonds is 4. The second kappa shape index (κ2) is 6.06. The fourth-order valence-corrected chi connectivity index (χ4v) is 3.12. The van der Waals surface area contributed by atoms with Gasteiger partial charge >= 0.3 is 0 Å². The van der Waals surface area contributed by atoms with E-state index in [0.29, 0.717) is 12.0 Å². The molecule has 1 N–H and O–H groups in total. The maximum absolute atomic E-state index is 12.1. The molecule has 2 heterocycles. The van der Waals surface area contributed by atoms with Crippen LogP contribution in [0.2, 0.25) is 0 Å².